The first kappa shape index (κ1) is 53.1. The van der Waals surface area contributed by atoms with Gasteiger partial charge in [-0.25, -0.2) is 4.57 Å². The lowest BCUT2D eigenvalue weighted by molar-refractivity contribution is -0.161. The van der Waals surface area contributed by atoms with E-state index in [2.05, 4.69) is 25.3 Å². The number of aliphatic hydroxyl groups is 4. The molecule has 0 amide bonds. The van der Waals surface area contributed by atoms with Crippen LogP contribution in [0, 0.1) is 17.8 Å². The number of Topliss-reactive ketones (excluding diaryl/α,β-unsaturated/α-hetero) is 1. The van der Waals surface area contributed by atoms with Crippen molar-refractivity contribution < 1.29 is 62.8 Å². The molecule has 5 N–H and O–H groups in total. The lowest BCUT2D eigenvalue weighted by atomic mass is 9.90. The van der Waals surface area contributed by atoms with Gasteiger partial charge in [-0.05, 0) is 38.0 Å². The molecule has 0 bridgehead atoms. The monoisotopic (exact) mass is 833 g/mol. The largest absolute Gasteiger partial charge is 0.472 e. The zero-order valence-electron chi connectivity index (χ0n) is 35.2. The Morgan fingerprint density at radius 1 is 0.807 bits per heavy atom. The highest BCUT2D eigenvalue weighted by Crippen LogP contribution is 2.43. The molecule has 0 aromatic rings. The van der Waals surface area contributed by atoms with Gasteiger partial charge in [-0.15, -0.1) is 0 Å². The first-order valence-corrected chi connectivity index (χ1v) is 23.2. The number of carbonyl (C=O) groups excluding carboxylic acids is 3. The number of carbonyl (C=O) groups is 3. The molecule has 1 saturated carbocycles. The molecule has 57 heavy (non-hydrogen) atoms. The molecule has 1 aliphatic carbocycles. The summed E-state index contributed by atoms with van der Waals surface area (Å²) in [5.41, 5.74) is 0. The van der Waals surface area contributed by atoms with E-state index in [4.69, 9.17) is 19.1 Å². The first-order chi connectivity index (χ1) is 27.3. The second-order valence-corrected chi connectivity index (χ2v) is 17.4. The van der Waals surface area contributed by atoms with Crippen molar-refractivity contribution in [2.75, 3.05) is 26.4 Å². The van der Waals surface area contributed by atoms with Crippen LogP contribution in [0.2, 0.25) is 0 Å². The van der Waals surface area contributed by atoms with Crippen LogP contribution in [0.5, 0.6) is 0 Å². The maximum atomic E-state index is 12.7. The molecule has 0 saturated heterocycles. The number of aliphatic hydroxyl groups excluding tert-OH is 4. The van der Waals surface area contributed by atoms with Gasteiger partial charge in [0.05, 0.1) is 32.0 Å². The number of hydrogen-bond donors (Lipinski definition) is 5. The number of allylic oxidation sites excluding steroid dienone is 2. The van der Waals surface area contributed by atoms with E-state index < -0.39 is 76.5 Å². The minimum Gasteiger partial charge on any atom is -0.462 e. The van der Waals surface area contributed by atoms with Crippen molar-refractivity contribution in [3.63, 3.8) is 0 Å². The summed E-state index contributed by atoms with van der Waals surface area (Å²) in [5, 5.41) is 39.0. The predicted molar refractivity (Wildman–Crippen MR) is 220 cm³/mol. The summed E-state index contributed by atoms with van der Waals surface area (Å²) >= 11 is 0. The van der Waals surface area contributed by atoms with Gasteiger partial charge in [0.15, 0.2) is 6.10 Å². The van der Waals surface area contributed by atoms with Crippen molar-refractivity contribution in [3.8, 4) is 0 Å². The topological polar surface area (TPSA) is 206 Å². The van der Waals surface area contributed by atoms with Crippen LogP contribution in [0.25, 0.3) is 0 Å². The molecule has 14 heteroatoms. The summed E-state index contributed by atoms with van der Waals surface area (Å²) < 4.78 is 32.6. The Hall–Kier alpha value is -1.96. The highest BCUT2D eigenvalue weighted by molar-refractivity contribution is 7.47. The van der Waals surface area contributed by atoms with E-state index in [0.717, 1.165) is 44.4 Å². The van der Waals surface area contributed by atoms with Crippen molar-refractivity contribution in [2.24, 2.45) is 17.8 Å². The van der Waals surface area contributed by atoms with Crippen LogP contribution in [0.1, 0.15) is 162 Å². The van der Waals surface area contributed by atoms with Gasteiger partial charge in [-0.1, -0.05) is 135 Å². The Labute approximate surface area is 342 Å². The van der Waals surface area contributed by atoms with Gasteiger partial charge < -0.3 is 34.8 Å². The number of rotatable bonds is 36. The van der Waals surface area contributed by atoms with Crippen molar-refractivity contribution in [1.29, 1.82) is 0 Å². The Balaban J connectivity index is 2.49. The third-order valence-electron chi connectivity index (χ3n) is 10.2. The molecule has 1 fully saturated rings. The van der Waals surface area contributed by atoms with E-state index in [1.807, 2.05) is 12.2 Å². The van der Waals surface area contributed by atoms with Crippen molar-refractivity contribution >= 4 is 25.5 Å². The number of ether oxygens (including phenoxy) is 2. The molecular weight excluding hydrogens is 755 g/mol. The Morgan fingerprint density at radius 3 is 2.04 bits per heavy atom. The van der Waals surface area contributed by atoms with E-state index >= 15 is 0 Å². The summed E-state index contributed by atoms with van der Waals surface area (Å²) in [6, 6.07) is 0. The lowest BCUT2D eigenvalue weighted by Gasteiger charge is -2.20. The van der Waals surface area contributed by atoms with Crippen LogP contribution in [0.3, 0.4) is 0 Å². The predicted octanol–water partition coefficient (Wildman–Crippen LogP) is 7.84. The lowest BCUT2D eigenvalue weighted by Crippen LogP contribution is -2.29. The van der Waals surface area contributed by atoms with Crippen molar-refractivity contribution in [1.82, 2.24) is 0 Å². The van der Waals surface area contributed by atoms with Crippen LogP contribution >= 0.6 is 7.82 Å². The Morgan fingerprint density at radius 2 is 1.40 bits per heavy atom. The second kappa shape index (κ2) is 32.8. The molecule has 0 aliphatic heterocycles. The smallest absolute Gasteiger partial charge is 0.462 e. The molecule has 1 unspecified atom stereocenters. The number of phosphoric acid groups is 1. The standard InChI is InChI=1S/C43H77O13P/c1-4-5-17-23-35(45)27-28-39-38(40(47)29-41(39)48)24-19-15-16-21-26-43(50)56-37(33-55-57(51,52)54-31-36(46)30-44)32-53-42(49)25-20-14-12-10-8-6-7-9-11-13-18-22-34(2)3/h15,19,27-28,34-39,41,44-46,48H,4-14,16-18,20-26,29-33H2,1-3H3,(H,51,52)/b19-15-,28-27+/t35-,36-,37+,38+,39+,41+/m0/s1. The van der Waals surface area contributed by atoms with E-state index in [-0.39, 0.29) is 31.0 Å². The van der Waals surface area contributed by atoms with E-state index in [1.165, 1.54) is 51.4 Å². The number of hydrogen-bond acceptors (Lipinski definition) is 12. The van der Waals surface area contributed by atoms with Gasteiger partial charge in [0.2, 0.25) is 0 Å². The maximum absolute atomic E-state index is 12.7. The van der Waals surface area contributed by atoms with Gasteiger partial charge in [-0.2, -0.15) is 0 Å². The molecular formula is C43H77O13P. The van der Waals surface area contributed by atoms with Crippen LogP contribution in [0.4, 0.5) is 0 Å². The second-order valence-electron chi connectivity index (χ2n) is 16.0. The number of unbranched alkanes of at least 4 members (excludes halogenated alkanes) is 13. The fourth-order valence-corrected chi connectivity index (χ4v) is 7.48. The minimum atomic E-state index is -4.69. The molecule has 1 rings (SSSR count). The Kier molecular flexibility index (Phi) is 30.6. The number of esters is 2. The molecule has 1 aliphatic rings. The minimum absolute atomic E-state index is 0.00851. The summed E-state index contributed by atoms with van der Waals surface area (Å²) in [7, 11) is -4.69. The maximum Gasteiger partial charge on any atom is 0.472 e. The highest BCUT2D eigenvalue weighted by atomic mass is 31.2. The highest BCUT2D eigenvalue weighted by Gasteiger charge is 2.39. The summed E-state index contributed by atoms with van der Waals surface area (Å²) in [6.07, 6.45) is 22.3. The van der Waals surface area contributed by atoms with Gasteiger partial charge in [0.1, 0.15) is 18.5 Å². The van der Waals surface area contributed by atoms with Crippen LogP contribution in [-0.2, 0) is 37.5 Å². The average Bonchev–Trinajstić information content (AvgIpc) is 3.44. The van der Waals surface area contributed by atoms with E-state index in [9.17, 15) is 39.2 Å². The van der Waals surface area contributed by atoms with Crippen LogP contribution < -0.4 is 0 Å². The fraction of sp³-hybridized carbons (Fsp3) is 0.837. The fourth-order valence-electron chi connectivity index (χ4n) is 6.69. The van der Waals surface area contributed by atoms with Crippen molar-refractivity contribution in [2.45, 2.75) is 186 Å². The van der Waals surface area contributed by atoms with Gasteiger partial charge >= 0.3 is 19.8 Å². The van der Waals surface area contributed by atoms with Gasteiger partial charge in [0.25, 0.3) is 0 Å². The number of phosphoric ester groups is 1. The zero-order valence-corrected chi connectivity index (χ0v) is 36.1. The summed E-state index contributed by atoms with van der Waals surface area (Å²) in [6.45, 7) is 4.27. The molecule has 0 radical (unpaired) electrons. The molecule has 13 nitrogen and oxygen atoms in total. The van der Waals surface area contributed by atoms with Crippen LogP contribution in [-0.4, -0.2) is 93.9 Å². The average molecular weight is 833 g/mol. The van der Waals surface area contributed by atoms with Gasteiger partial charge in [-0.3, -0.25) is 23.4 Å². The third kappa shape index (κ3) is 28.2. The number of ketones is 1. The Bertz CT molecular complexity index is 1180. The molecule has 332 valence electrons. The molecule has 0 aromatic carbocycles. The first-order valence-electron chi connectivity index (χ1n) is 21.8. The van der Waals surface area contributed by atoms with E-state index in [1.54, 1.807) is 12.2 Å². The summed E-state index contributed by atoms with van der Waals surface area (Å²) in [5.74, 6) is -1.13. The normalized spacial score (nSPS) is 20.0. The van der Waals surface area contributed by atoms with Crippen molar-refractivity contribution in [3.05, 3.63) is 24.3 Å². The molecule has 0 heterocycles. The molecule has 0 spiro atoms. The van der Waals surface area contributed by atoms with Gasteiger partial charge in [0, 0.05) is 31.1 Å². The third-order valence-corrected chi connectivity index (χ3v) is 11.1. The zero-order chi connectivity index (χ0) is 42.3. The molecule has 7 atom stereocenters. The molecule has 0 aromatic heterocycles. The van der Waals surface area contributed by atoms with Crippen LogP contribution in [0.15, 0.2) is 24.3 Å². The van der Waals surface area contributed by atoms with E-state index in [0.29, 0.717) is 32.1 Å². The summed E-state index contributed by atoms with van der Waals surface area (Å²) in [4.78, 5) is 47.7. The quantitative estimate of drug-likeness (QED) is 0.0177. The SMILES string of the molecule is CCCCC[C@H](O)/C=C/[C@H]1[C@H](O)CC(=O)[C@@H]1C/C=C\CCCC(=O)O[C@H](COC(=O)CCCCCCCCCCCCCC(C)C)COP(=O)(O)OC[C@@H](O)CO.